The number of amides is 1. The fourth-order valence-electron chi connectivity index (χ4n) is 4.02. The monoisotopic (exact) mass is 433 g/mol. The van der Waals surface area contributed by atoms with Gasteiger partial charge in [0.25, 0.3) is 5.91 Å². The summed E-state index contributed by atoms with van der Waals surface area (Å²) < 4.78 is 0. The van der Waals surface area contributed by atoms with Crippen molar-refractivity contribution >= 4 is 29.0 Å². The van der Waals surface area contributed by atoms with E-state index in [1.807, 2.05) is 36.4 Å². The van der Waals surface area contributed by atoms with Gasteiger partial charge in [-0.2, -0.15) is 0 Å². The molecule has 4 nitrogen and oxygen atoms in total. The Kier molecular flexibility index (Phi) is 5.69. The minimum absolute atomic E-state index is 0.217. The van der Waals surface area contributed by atoms with Crippen LogP contribution in [0, 0.1) is 0 Å². The molecule has 1 amide bonds. The molecule has 31 heavy (non-hydrogen) atoms. The van der Waals surface area contributed by atoms with E-state index in [0.29, 0.717) is 27.8 Å². The summed E-state index contributed by atoms with van der Waals surface area (Å²) in [5, 5.41) is 12.0. The van der Waals surface area contributed by atoms with Crippen molar-refractivity contribution in [1.82, 2.24) is 0 Å². The molecule has 0 saturated heterocycles. The number of Topliss-reactive ketones (excluding diaryl/α,β-unsaturated/α-hetero) is 1. The van der Waals surface area contributed by atoms with Gasteiger partial charge in [0.1, 0.15) is 0 Å². The van der Waals surface area contributed by atoms with Crippen molar-refractivity contribution in [2.45, 2.75) is 38.3 Å². The van der Waals surface area contributed by atoms with Gasteiger partial charge >= 0.3 is 0 Å². The fraction of sp³-hybridized carbons (Fsp3) is 0.231. The summed E-state index contributed by atoms with van der Waals surface area (Å²) in [6, 6.07) is 21.7. The maximum atomic E-state index is 13.4. The van der Waals surface area contributed by atoms with Gasteiger partial charge in [-0.25, -0.2) is 0 Å². The highest BCUT2D eigenvalue weighted by Crippen LogP contribution is 2.43. The van der Waals surface area contributed by atoms with Gasteiger partial charge in [-0.1, -0.05) is 86.1 Å². The number of para-hydroxylation sites is 1. The van der Waals surface area contributed by atoms with Crippen LogP contribution in [0.3, 0.4) is 0 Å². The molecule has 0 spiro atoms. The second-order valence-electron chi connectivity index (χ2n) is 8.24. The molecule has 4 rings (SSSR count). The zero-order chi connectivity index (χ0) is 22.2. The van der Waals surface area contributed by atoms with E-state index >= 15 is 0 Å². The molecule has 0 radical (unpaired) electrons. The maximum absolute atomic E-state index is 13.4. The molecule has 1 N–H and O–H groups in total. The number of carbonyl (C=O) groups excluding carboxylic acids is 2. The van der Waals surface area contributed by atoms with Crippen LogP contribution in [-0.2, 0) is 16.9 Å². The Bertz CT molecular complexity index is 1140. The number of fused-ring (bicyclic) bond motifs is 1. The average Bonchev–Trinajstić information content (AvgIpc) is 2.97. The third-order valence-corrected chi connectivity index (χ3v) is 6.21. The molecule has 0 bridgehead atoms. The first-order valence-corrected chi connectivity index (χ1v) is 10.7. The predicted octanol–water partition coefficient (Wildman–Crippen LogP) is 5.47. The Labute approximate surface area is 187 Å². The number of aliphatic hydroxyl groups is 1. The van der Waals surface area contributed by atoms with Gasteiger partial charge in [-0.05, 0) is 29.2 Å². The highest BCUT2D eigenvalue weighted by atomic mass is 35.5. The van der Waals surface area contributed by atoms with Crippen molar-refractivity contribution < 1.29 is 14.7 Å². The predicted molar refractivity (Wildman–Crippen MR) is 122 cm³/mol. The molecule has 1 heterocycles. The summed E-state index contributed by atoms with van der Waals surface area (Å²) in [5.74, 6) is -0.434. The topological polar surface area (TPSA) is 57.6 Å². The van der Waals surface area contributed by atoms with Crippen molar-refractivity contribution in [2.75, 3.05) is 4.90 Å². The first-order chi connectivity index (χ1) is 14.8. The molecule has 3 aromatic rings. The van der Waals surface area contributed by atoms with Crippen LogP contribution in [0.5, 0.6) is 0 Å². The number of benzene rings is 3. The standard InChI is InChI=1S/C26H24ClNO3/c1-17(2)18-11-13-19(14-12-18)24(29)15-26(31)21-8-4-6-10-23(21)28(25(26)30)16-20-7-3-5-9-22(20)27/h3-14,17,31H,15-16H2,1-2H3/t26-/m0/s1. The molecule has 0 fully saturated rings. The van der Waals surface area contributed by atoms with E-state index in [1.165, 1.54) is 4.90 Å². The lowest BCUT2D eigenvalue weighted by Gasteiger charge is -2.23. The highest BCUT2D eigenvalue weighted by Gasteiger charge is 2.50. The Morgan fingerprint density at radius 3 is 2.32 bits per heavy atom. The van der Waals surface area contributed by atoms with E-state index in [1.54, 1.807) is 36.4 Å². The number of carbonyl (C=O) groups is 2. The van der Waals surface area contributed by atoms with E-state index in [-0.39, 0.29) is 18.7 Å². The van der Waals surface area contributed by atoms with Crippen LogP contribution in [0.15, 0.2) is 72.8 Å². The molecule has 5 heteroatoms. The molecule has 0 aromatic heterocycles. The van der Waals surface area contributed by atoms with E-state index in [9.17, 15) is 14.7 Å². The number of anilines is 1. The van der Waals surface area contributed by atoms with Crippen LogP contribution in [-0.4, -0.2) is 16.8 Å². The van der Waals surface area contributed by atoms with Crippen LogP contribution < -0.4 is 4.90 Å². The lowest BCUT2D eigenvalue weighted by atomic mass is 9.87. The fourth-order valence-corrected chi connectivity index (χ4v) is 4.22. The average molecular weight is 434 g/mol. The summed E-state index contributed by atoms with van der Waals surface area (Å²) >= 11 is 6.29. The largest absolute Gasteiger partial charge is 0.375 e. The molecule has 0 aliphatic carbocycles. The van der Waals surface area contributed by atoms with Crippen LogP contribution in [0.25, 0.3) is 0 Å². The van der Waals surface area contributed by atoms with Crippen LogP contribution in [0.4, 0.5) is 5.69 Å². The van der Waals surface area contributed by atoms with E-state index in [4.69, 9.17) is 11.6 Å². The normalized spacial score (nSPS) is 17.8. The van der Waals surface area contributed by atoms with Crippen molar-refractivity contribution in [1.29, 1.82) is 0 Å². The minimum Gasteiger partial charge on any atom is -0.375 e. The Balaban J connectivity index is 1.65. The van der Waals surface area contributed by atoms with Gasteiger partial charge in [-0.15, -0.1) is 0 Å². The summed E-state index contributed by atoms with van der Waals surface area (Å²) in [5.41, 5.74) is 1.51. The Morgan fingerprint density at radius 2 is 1.65 bits per heavy atom. The molecule has 1 aliphatic heterocycles. The van der Waals surface area contributed by atoms with E-state index in [2.05, 4.69) is 13.8 Å². The van der Waals surface area contributed by atoms with Gasteiger partial charge in [0.05, 0.1) is 18.7 Å². The number of rotatable bonds is 6. The molecule has 158 valence electrons. The summed E-state index contributed by atoms with van der Waals surface area (Å²) in [6.07, 6.45) is -0.317. The number of hydrogen-bond donors (Lipinski definition) is 1. The van der Waals surface area contributed by atoms with Gasteiger partial charge in [0.2, 0.25) is 0 Å². The van der Waals surface area contributed by atoms with Crippen LogP contribution in [0.1, 0.15) is 53.2 Å². The second-order valence-corrected chi connectivity index (χ2v) is 8.64. The summed E-state index contributed by atoms with van der Waals surface area (Å²) in [6.45, 7) is 4.39. The number of hydrogen-bond acceptors (Lipinski definition) is 3. The third-order valence-electron chi connectivity index (χ3n) is 5.84. The summed E-state index contributed by atoms with van der Waals surface area (Å²) in [7, 11) is 0. The molecule has 1 aliphatic rings. The van der Waals surface area contributed by atoms with Gasteiger partial charge in [0.15, 0.2) is 11.4 Å². The number of ketones is 1. The maximum Gasteiger partial charge on any atom is 0.264 e. The second kappa shape index (κ2) is 8.29. The van der Waals surface area contributed by atoms with Gasteiger partial charge < -0.3 is 10.0 Å². The Hall–Kier alpha value is -2.95. The van der Waals surface area contributed by atoms with Crippen molar-refractivity contribution in [3.05, 3.63) is 100 Å². The Morgan fingerprint density at radius 1 is 1.00 bits per heavy atom. The van der Waals surface area contributed by atoms with E-state index in [0.717, 1.165) is 11.1 Å². The smallest absolute Gasteiger partial charge is 0.264 e. The third kappa shape index (κ3) is 3.89. The van der Waals surface area contributed by atoms with Crippen LogP contribution >= 0.6 is 11.6 Å². The molecular formula is C26H24ClNO3. The molecule has 3 aromatic carbocycles. The van der Waals surface area contributed by atoms with Crippen molar-refractivity contribution in [3.8, 4) is 0 Å². The quantitative estimate of drug-likeness (QED) is 0.524. The zero-order valence-corrected chi connectivity index (χ0v) is 18.3. The first-order valence-electron chi connectivity index (χ1n) is 10.3. The van der Waals surface area contributed by atoms with Crippen molar-refractivity contribution in [2.24, 2.45) is 0 Å². The number of halogens is 1. The molecule has 0 unspecified atom stereocenters. The van der Waals surface area contributed by atoms with E-state index < -0.39 is 11.5 Å². The van der Waals surface area contributed by atoms with Crippen LogP contribution in [0.2, 0.25) is 5.02 Å². The molecular weight excluding hydrogens is 410 g/mol. The lowest BCUT2D eigenvalue weighted by molar-refractivity contribution is -0.136. The van der Waals surface area contributed by atoms with Crippen molar-refractivity contribution in [3.63, 3.8) is 0 Å². The highest BCUT2D eigenvalue weighted by molar-refractivity contribution is 6.31. The lowest BCUT2D eigenvalue weighted by Crippen LogP contribution is -2.41. The molecule has 0 saturated carbocycles. The van der Waals surface area contributed by atoms with Gasteiger partial charge in [-0.3, -0.25) is 9.59 Å². The summed E-state index contributed by atoms with van der Waals surface area (Å²) in [4.78, 5) is 27.9. The minimum atomic E-state index is -1.91. The van der Waals surface area contributed by atoms with Gasteiger partial charge in [0, 0.05) is 16.1 Å². The number of nitrogens with zero attached hydrogens (tertiary/aromatic N) is 1. The zero-order valence-electron chi connectivity index (χ0n) is 17.5. The first kappa shape index (κ1) is 21.3. The molecule has 1 atom stereocenters. The SMILES string of the molecule is CC(C)c1ccc(C(=O)C[C@@]2(O)C(=O)N(Cc3ccccc3Cl)c3ccccc32)cc1.